The smallest absolute Gasteiger partial charge is 0.296 e. The average Bonchev–Trinajstić information content (AvgIpc) is 2.03. The van der Waals surface area contributed by atoms with Gasteiger partial charge in [-0.15, -0.1) is 0 Å². The Morgan fingerprint density at radius 1 is 1.21 bits per heavy atom. The van der Waals surface area contributed by atoms with Crippen molar-refractivity contribution < 1.29 is 18.1 Å². The Kier molecular flexibility index (Phi) is 5.28. The average molecular weight is 225 g/mol. The van der Waals surface area contributed by atoms with Crippen LogP contribution in [0.5, 0.6) is 0 Å². The molecule has 6 heteroatoms. The van der Waals surface area contributed by atoms with Gasteiger partial charge >= 0.3 is 0 Å². The summed E-state index contributed by atoms with van der Waals surface area (Å²) in [4.78, 5) is 0. The minimum absolute atomic E-state index is 0. The first-order valence-corrected chi connectivity index (χ1v) is 5.12. The van der Waals surface area contributed by atoms with Crippen LogP contribution in [0.4, 0.5) is 0 Å². The van der Waals surface area contributed by atoms with E-state index in [4.69, 9.17) is 9.66 Å². The van der Waals surface area contributed by atoms with Crippen molar-refractivity contribution in [3.05, 3.63) is 35.4 Å². The Balaban J connectivity index is 0.00000169. The van der Waals surface area contributed by atoms with Crippen LogP contribution in [0.25, 0.3) is 0 Å². The fourth-order valence-corrected chi connectivity index (χ4v) is 1.40. The molecule has 0 saturated heterocycles. The van der Waals surface area contributed by atoms with Crippen molar-refractivity contribution in [2.45, 2.75) is 12.4 Å². The first kappa shape index (κ1) is 14.1. The van der Waals surface area contributed by atoms with E-state index in [1.165, 1.54) is 12.1 Å². The Bertz CT molecular complexity index is 384. The number of rotatable bonds is 2. The molecule has 73 valence electrons. The first-order valence-electron chi connectivity index (χ1n) is 3.62. The molecule has 0 aliphatic rings. The summed E-state index contributed by atoms with van der Waals surface area (Å²) in [6.45, 7) is 1.84. The molecule has 0 aliphatic carbocycles. The summed E-state index contributed by atoms with van der Waals surface area (Å²) in [5, 5.41) is 9.11. The van der Waals surface area contributed by atoms with Gasteiger partial charge in [-0.1, -0.05) is 29.8 Å². The zero-order valence-corrected chi connectivity index (χ0v) is 10.8. The molecule has 1 rings (SSSR count). The third-order valence-electron chi connectivity index (χ3n) is 1.64. The molecule has 0 spiro atoms. The molecule has 1 radical (unpaired) electrons. The quantitative estimate of drug-likeness (QED) is 0.567. The van der Waals surface area contributed by atoms with Crippen molar-refractivity contribution in [2.24, 2.45) is 0 Å². The largest absolute Gasteiger partial charge is 0.371 e. The number of aliphatic hydroxyl groups is 1. The summed E-state index contributed by atoms with van der Waals surface area (Å²) >= 11 is 0. The van der Waals surface area contributed by atoms with Crippen LogP contribution in [0.15, 0.2) is 24.3 Å². The monoisotopic (exact) mass is 225 g/mol. The van der Waals surface area contributed by atoms with Gasteiger partial charge < -0.3 is 5.11 Å². The summed E-state index contributed by atoms with van der Waals surface area (Å²) in [5.41, 5.74) is -0.743. The maximum Gasteiger partial charge on any atom is 0.296 e. The molecular formula is C8H10NaO4S. The van der Waals surface area contributed by atoms with E-state index in [0.29, 0.717) is 0 Å². The Morgan fingerprint density at radius 2 is 1.64 bits per heavy atom. The number of benzene rings is 1. The van der Waals surface area contributed by atoms with Gasteiger partial charge in [0.25, 0.3) is 10.1 Å². The molecule has 14 heavy (non-hydrogen) atoms. The minimum atomic E-state index is -4.41. The third-order valence-corrected chi connectivity index (χ3v) is 2.48. The van der Waals surface area contributed by atoms with Gasteiger partial charge in [-0.25, -0.2) is 0 Å². The van der Waals surface area contributed by atoms with Crippen LogP contribution in [0.3, 0.4) is 0 Å². The van der Waals surface area contributed by atoms with Crippen molar-refractivity contribution in [1.82, 2.24) is 0 Å². The van der Waals surface area contributed by atoms with Gasteiger partial charge in [-0.05, 0) is 12.5 Å². The summed E-state index contributed by atoms with van der Waals surface area (Å²) < 4.78 is 29.6. The Labute approximate surface area is 105 Å². The van der Waals surface area contributed by atoms with Crippen LogP contribution in [0.1, 0.15) is 16.6 Å². The summed E-state index contributed by atoms with van der Waals surface area (Å²) in [6, 6.07) is 6.22. The van der Waals surface area contributed by atoms with Crippen LogP contribution in [0, 0.1) is 6.92 Å². The zero-order valence-electron chi connectivity index (χ0n) is 8.01. The molecule has 1 aromatic rings. The minimum Gasteiger partial charge on any atom is -0.371 e. The van der Waals surface area contributed by atoms with E-state index in [2.05, 4.69) is 0 Å². The van der Waals surface area contributed by atoms with E-state index in [0.717, 1.165) is 5.56 Å². The van der Waals surface area contributed by atoms with Crippen LogP contribution in [-0.2, 0) is 10.1 Å². The van der Waals surface area contributed by atoms with Gasteiger partial charge in [0, 0.05) is 29.6 Å². The summed E-state index contributed by atoms with van der Waals surface area (Å²) in [6.07, 6.45) is 0. The predicted molar refractivity (Wildman–Crippen MR) is 53.4 cm³/mol. The third kappa shape index (κ3) is 3.68. The fraction of sp³-hybridized carbons (Fsp3) is 0.250. The second-order valence-corrected chi connectivity index (χ2v) is 4.25. The molecule has 0 amide bonds. The van der Waals surface area contributed by atoms with Crippen molar-refractivity contribution in [1.29, 1.82) is 0 Å². The van der Waals surface area contributed by atoms with Crippen LogP contribution < -0.4 is 0 Å². The maximum atomic E-state index is 10.5. The van der Waals surface area contributed by atoms with Crippen molar-refractivity contribution in [3.63, 3.8) is 0 Å². The predicted octanol–water partition coefficient (Wildman–Crippen LogP) is 0.493. The van der Waals surface area contributed by atoms with Gasteiger partial charge in [0.1, 0.15) is 0 Å². The topological polar surface area (TPSA) is 74.6 Å². The molecule has 1 unspecified atom stereocenters. The van der Waals surface area contributed by atoms with Gasteiger partial charge in [0.15, 0.2) is 0 Å². The van der Waals surface area contributed by atoms with E-state index in [9.17, 15) is 8.42 Å². The normalized spacial score (nSPS) is 13.1. The number of aliphatic hydroxyl groups excluding tert-OH is 1. The number of hydrogen-bond donors (Lipinski definition) is 2. The maximum absolute atomic E-state index is 10.5. The summed E-state index contributed by atoms with van der Waals surface area (Å²) in [7, 11) is -4.41. The molecule has 2 N–H and O–H groups in total. The Hall–Kier alpha value is 0.0900. The Morgan fingerprint density at radius 3 is 2.00 bits per heavy atom. The van der Waals surface area contributed by atoms with Crippen LogP contribution >= 0.6 is 0 Å². The molecule has 1 aromatic carbocycles. The molecule has 1 atom stereocenters. The van der Waals surface area contributed by atoms with Gasteiger partial charge in [0.2, 0.25) is 5.44 Å². The number of hydrogen-bond acceptors (Lipinski definition) is 3. The van der Waals surface area contributed by atoms with Crippen LogP contribution in [0.2, 0.25) is 0 Å². The first-order chi connectivity index (χ1) is 5.91. The zero-order chi connectivity index (χ0) is 10.1. The van der Waals surface area contributed by atoms with Gasteiger partial charge in [0.05, 0.1) is 0 Å². The van der Waals surface area contributed by atoms with E-state index < -0.39 is 15.6 Å². The molecule has 4 nitrogen and oxygen atoms in total. The second-order valence-electron chi connectivity index (χ2n) is 2.78. The van der Waals surface area contributed by atoms with E-state index in [1.54, 1.807) is 12.1 Å². The van der Waals surface area contributed by atoms with E-state index in [1.807, 2.05) is 6.92 Å². The van der Waals surface area contributed by atoms with Gasteiger partial charge in [-0.2, -0.15) is 8.42 Å². The van der Waals surface area contributed by atoms with Crippen molar-refractivity contribution in [2.75, 3.05) is 0 Å². The van der Waals surface area contributed by atoms with E-state index in [-0.39, 0.29) is 35.1 Å². The molecule has 0 heterocycles. The fourth-order valence-electron chi connectivity index (χ4n) is 0.903. The van der Waals surface area contributed by atoms with Crippen molar-refractivity contribution >= 4 is 39.7 Å². The summed E-state index contributed by atoms with van der Waals surface area (Å²) in [5.74, 6) is 0. The SMILES string of the molecule is Cc1ccc(C(O)S(=O)(=O)O)cc1.[Na]. The standard InChI is InChI=1S/C8H10O4S.Na/c1-6-2-4-7(5-3-6)8(9)13(10,11)12;/h2-5,8-9H,1H3,(H,10,11,12);. The molecule has 0 aliphatic heterocycles. The second kappa shape index (κ2) is 5.25. The molecule has 0 bridgehead atoms. The van der Waals surface area contributed by atoms with Crippen LogP contribution in [-0.4, -0.2) is 47.6 Å². The molecule has 0 aromatic heterocycles. The van der Waals surface area contributed by atoms with Crippen molar-refractivity contribution in [3.8, 4) is 0 Å². The molecule has 0 fully saturated rings. The molecular weight excluding hydrogens is 215 g/mol. The molecule has 0 saturated carbocycles. The van der Waals surface area contributed by atoms with E-state index >= 15 is 0 Å². The van der Waals surface area contributed by atoms with Gasteiger partial charge in [-0.3, -0.25) is 4.55 Å². The number of aryl methyl sites for hydroxylation is 1.